The van der Waals surface area contributed by atoms with Crippen molar-refractivity contribution in [1.29, 1.82) is 0 Å². The molecule has 1 amide bonds. The van der Waals surface area contributed by atoms with Crippen LogP contribution >= 0.6 is 22.7 Å². The predicted octanol–water partition coefficient (Wildman–Crippen LogP) is 3.23. The number of rotatable bonds is 6. The fraction of sp³-hybridized carbons (Fsp3) is 0.235. The van der Waals surface area contributed by atoms with E-state index in [0.717, 1.165) is 10.2 Å². The molecule has 0 saturated carbocycles. The molecule has 0 aliphatic rings. The molecule has 0 aliphatic heterocycles. The number of carbonyl (C=O) groups excluding carboxylic acids is 2. The Kier molecular flexibility index (Phi) is 5.38. The van der Waals surface area contributed by atoms with E-state index in [2.05, 4.69) is 10.3 Å². The summed E-state index contributed by atoms with van der Waals surface area (Å²) in [5.41, 5.74) is 1.12. The number of methoxy groups -OCH3 is 2. The Morgan fingerprint density at radius 1 is 1.27 bits per heavy atom. The second-order valence-corrected chi connectivity index (χ2v) is 7.29. The molecule has 1 N–H and O–H groups in total. The lowest BCUT2D eigenvalue weighted by Crippen LogP contribution is -2.30. The van der Waals surface area contributed by atoms with E-state index < -0.39 is 5.97 Å². The number of aromatic nitrogens is 1. The number of benzene rings is 1. The zero-order valence-corrected chi connectivity index (χ0v) is 16.1. The van der Waals surface area contributed by atoms with Crippen molar-refractivity contribution in [1.82, 2.24) is 4.98 Å². The standard InChI is InChI=1S/C17H17N3O4S2/c1-20(17-19-14-11(23-2)5-4-6-12(14)26-17)9-13(21)18-15-10(7-8-25-15)16(22)24-3/h4-8H,9H2,1-3H3,(H,18,21). The van der Waals surface area contributed by atoms with Crippen LogP contribution in [0.15, 0.2) is 29.6 Å². The molecule has 3 aromatic rings. The highest BCUT2D eigenvalue weighted by atomic mass is 32.1. The van der Waals surface area contributed by atoms with Crippen LogP contribution in [0.1, 0.15) is 10.4 Å². The third kappa shape index (κ3) is 3.63. The minimum atomic E-state index is -0.479. The van der Waals surface area contributed by atoms with Crippen LogP contribution in [0.25, 0.3) is 10.2 Å². The second-order valence-electron chi connectivity index (χ2n) is 5.36. The highest BCUT2D eigenvalue weighted by Gasteiger charge is 2.18. The maximum absolute atomic E-state index is 12.3. The van der Waals surface area contributed by atoms with Crippen molar-refractivity contribution in [2.75, 3.05) is 38.0 Å². The van der Waals surface area contributed by atoms with Crippen LogP contribution < -0.4 is 15.0 Å². The summed E-state index contributed by atoms with van der Waals surface area (Å²) in [7, 11) is 4.70. The van der Waals surface area contributed by atoms with Gasteiger partial charge in [0.25, 0.3) is 0 Å². The van der Waals surface area contributed by atoms with Gasteiger partial charge in [0, 0.05) is 7.05 Å². The number of thiazole rings is 1. The number of hydrogen-bond acceptors (Lipinski definition) is 8. The first-order valence-corrected chi connectivity index (χ1v) is 9.33. The Hall–Kier alpha value is -2.65. The van der Waals surface area contributed by atoms with Crippen molar-refractivity contribution in [3.05, 3.63) is 35.2 Å². The molecule has 2 heterocycles. The smallest absolute Gasteiger partial charge is 0.340 e. The first-order valence-electron chi connectivity index (χ1n) is 7.63. The summed E-state index contributed by atoms with van der Waals surface area (Å²) in [5, 5.41) is 5.66. The van der Waals surface area contributed by atoms with Crippen LogP contribution in [0.4, 0.5) is 10.1 Å². The molecule has 2 aromatic heterocycles. The zero-order valence-electron chi connectivity index (χ0n) is 14.4. The predicted molar refractivity (Wildman–Crippen MR) is 104 cm³/mol. The Labute approximate surface area is 158 Å². The average Bonchev–Trinajstić information content (AvgIpc) is 3.27. The van der Waals surface area contributed by atoms with E-state index in [-0.39, 0.29) is 12.5 Å². The SMILES string of the molecule is COC(=O)c1ccsc1NC(=O)CN(C)c1nc2c(OC)cccc2s1. The van der Waals surface area contributed by atoms with Gasteiger partial charge in [0.15, 0.2) is 5.13 Å². The molecule has 0 fully saturated rings. The highest BCUT2D eigenvalue weighted by Crippen LogP contribution is 2.33. The lowest BCUT2D eigenvalue weighted by Gasteiger charge is -2.15. The van der Waals surface area contributed by atoms with E-state index in [1.165, 1.54) is 29.8 Å². The minimum Gasteiger partial charge on any atom is -0.494 e. The van der Waals surface area contributed by atoms with Gasteiger partial charge in [-0.2, -0.15) is 0 Å². The van der Waals surface area contributed by atoms with Gasteiger partial charge in [-0.25, -0.2) is 9.78 Å². The molecule has 0 aliphatic carbocycles. The van der Waals surface area contributed by atoms with Crippen molar-refractivity contribution in [3.63, 3.8) is 0 Å². The number of anilines is 2. The summed E-state index contributed by atoms with van der Waals surface area (Å²) in [6.07, 6.45) is 0. The van der Waals surface area contributed by atoms with Crippen molar-refractivity contribution in [3.8, 4) is 5.75 Å². The summed E-state index contributed by atoms with van der Waals surface area (Å²) in [6.45, 7) is 0.0979. The van der Waals surface area contributed by atoms with Crippen LogP contribution in [-0.4, -0.2) is 44.7 Å². The molecule has 3 rings (SSSR count). The number of para-hydroxylation sites is 1. The van der Waals surface area contributed by atoms with Gasteiger partial charge < -0.3 is 19.7 Å². The number of likely N-dealkylation sites (N-methyl/N-ethyl adjacent to an activating group) is 1. The topological polar surface area (TPSA) is 80.8 Å². The average molecular weight is 391 g/mol. The number of esters is 1. The van der Waals surface area contributed by atoms with Gasteiger partial charge in [-0.05, 0) is 23.6 Å². The zero-order chi connectivity index (χ0) is 18.7. The molecule has 0 bridgehead atoms. The number of carbonyl (C=O) groups is 2. The fourth-order valence-electron chi connectivity index (χ4n) is 2.37. The van der Waals surface area contributed by atoms with Crippen LogP contribution in [0, 0.1) is 0 Å². The van der Waals surface area contributed by atoms with Crippen LogP contribution in [0.2, 0.25) is 0 Å². The molecule has 9 heteroatoms. The molecule has 0 atom stereocenters. The Morgan fingerprint density at radius 2 is 2.08 bits per heavy atom. The minimum absolute atomic E-state index is 0.0979. The lowest BCUT2D eigenvalue weighted by molar-refractivity contribution is -0.114. The maximum atomic E-state index is 12.3. The van der Waals surface area contributed by atoms with Crippen LogP contribution in [0.5, 0.6) is 5.75 Å². The molecular weight excluding hydrogens is 374 g/mol. The summed E-state index contributed by atoms with van der Waals surface area (Å²) in [4.78, 5) is 30.3. The third-order valence-corrected chi connectivity index (χ3v) is 5.59. The van der Waals surface area contributed by atoms with Gasteiger partial charge in [-0.1, -0.05) is 17.4 Å². The first kappa shape index (κ1) is 18.2. The number of nitrogens with zero attached hydrogens (tertiary/aromatic N) is 2. The number of thiophene rings is 1. The van der Waals surface area contributed by atoms with E-state index in [9.17, 15) is 9.59 Å². The fourth-order valence-corrected chi connectivity index (χ4v) is 4.10. The van der Waals surface area contributed by atoms with E-state index in [1.54, 1.807) is 30.5 Å². The van der Waals surface area contributed by atoms with E-state index in [4.69, 9.17) is 9.47 Å². The summed E-state index contributed by atoms with van der Waals surface area (Å²) >= 11 is 2.75. The largest absolute Gasteiger partial charge is 0.494 e. The van der Waals surface area contributed by atoms with Crippen LogP contribution in [0.3, 0.4) is 0 Å². The molecule has 26 heavy (non-hydrogen) atoms. The molecule has 0 saturated heterocycles. The van der Waals surface area contributed by atoms with Crippen molar-refractivity contribution in [2.24, 2.45) is 0 Å². The number of nitrogens with one attached hydrogen (secondary N) is 1. The molecule has 7 nitrogen and oxygen atoms in total. The number of ether oxygens (including phenoxy) is 2. The Balaban J connectivity index is 1.72. The normalized spacial score (nSPS) is 10.6. The Bertz CT molecular complexity index is 951. The van der Waals surface area contributed by atoms with Crippen LogP contribution in [-0.2, 0) is 9.53 Å². The van der Waals surface area contributed by atoms with Gasteiger partial charge in [0.05, 0.1) is 31.0 Å². The molecule has 136 valence electrons. The van der Waals surface area contributed by atoms with Crippen molar-refractivity contribution >= 4 is 54.9 Å². The summed E-state index contributed by atoms with van der Waals surface area (Å²) < 4.78 is 11.0. The van der Waals surface area contributed by atoms with Crippen molar-refractivity contribution < 1.29 is 19.1 Å². The Morgan fingerprint density at radius 3 is 2.81 bits per heavy atom. The summed E-state index contributed by atoms with van der Waals surface area (Å²) in [6, 6.07) is 7.33. The van der Waals surface area contributed by atoms with Gasteiger partial charge in [-0.15, -0.1) is 11.3 Å². The molecule has 1 aromatic carbocycles. The second kappa shape index (κ2) is 7.71. The highest BCUT2D eigenvalue weighted by molar-refractivity contribution is 7.22. The quantitative estimate of drug-likeness (QED) is 0.650. The maximum Gasteiger partial charge on any atom is 0.340 e. The van der Waals surface area contributed by atoms with Gasteiger partial charge in [0.1, 0.15) is 16.3 Å². The third-order valence-electron chi connectivity index (χ3n) is 3.62. The van der Waals surface area contributed by atoms with Gasteiger partial charge >= 0.3 is 5.97 Å². The number of fused-ring (bicyclic) bond motifs is 1. The molecule has 0 spiro atoms. The van der Waals surface area contributed by atoms with Crippen molar-refractivity contribution in [2.45, 2.75) is 0 Å². The van der Waals surface area contributed by atoms with Gasteiger partial charge in [0.2, 0.25) is 5.91 Å². The summed E-state index contributed by atoms with van der Waals surface area (Å²) in [5.74, 6) is -0.0244. The molecular formula is C17H17N3O4S2. The number of amides is 1. The molecule has 0 unspecified atom stereocenters. The van der Waals surface area contributed by atoms with E-state index >= 15 is 0 Å². The van der Waals surface area contributed by atoms with E-state index in [1.807, 2.05) is 18.2 Å². The lowest BCUT2D eigenvalue weighted by atomic mass is 10.3. The molecule has 0 radical (unpaired) electrons. The van der Waals surface area contributed by atoms with Gasteiger partial charge in [-0.3, -0.25) is 4.79 Å². The monoisotopic (exact) mass is 391 g/mol. The van der Waals surface area contributed by atoms with E-state index in [0.29, 0.717) is 21.4 Å². The number of hydrogen-bond donors (Lipinski definition) is 1. The first-order chi connectivity index (χ1) is 12.5.